The van der Waals surface area contributed by atoms with Gasteiger partial charge < -0.3 is 15.2 Å². The van der Waals surface area contributed by atoms with E-state index in [4.69, 9.17) is 17.3 Å². The molecule has 0 aromatic heterocycles. The van der Waals surface area contributed by atoms with E-state index < -0.39 is 6.29 Å². The zero-order chi connectivity index (χ0) is 16.3. The van der Waals surface area contributed by atoms with Crippen molar-refractivity contribution in [3.8, 4) is 11.5 Å². The van der Waals surface area contributed by atoms with Crippen LogP contribution in [0.3, 0.4) is 0 Å². The molecule has 0 aliphatic carbocycles. The van der Waals surface area contributed by atoms with Gasteiger partial charge in [-0.3, -0.25) is 0 Å². The topological polar surface area (TPSA) is 44.5 Å². The normalized spacial score (nSPS) is 16.0. The molecule has 0 amide bonds. The summed E-state index contributed by atoms with van der Waals surface area (Å²) in [5.41, 5.74) is 7.05. The Hall–Kier alpha value is -2.27. The van der Waals surface area contributed by atoms with Crippen molar-refractivity contribution in [1.82, 2.24) is 0 Å². The minimum atomic E-state index is -3.68. The van der Waals surface area contributed by atoms with Gasteiger partial charge in [-0.2, -0.15) is 0 Å². The van der Waals surface area contributed by atoms with Gasteiger partial charge in [0.1, 0.15) is 0 Å². The Bertz CT molecular complexity index is 681. The number of halogens is 3. The fraction of sp³-hybridized carbons (Fsp3) is 0.125. The van der Waals surface area contributed by atoms with Crippen LogP contribution in [0.25, 0.3) is 5.57 Å². The molecule has 0 fully saturated rings. The smallest absolute Gasteiger partial charge is 0.399 e. The Balaban J connectivity index is 2.45. The second-order valence-electron chi connectivity index (χ2n) is 4.54. The summed E-state index contributed by atoms with van der Waals surface area (Å²) in [4.78, 5) is 0. The maximum absolute atomic E-state index is 13.1. The minimum Gasteiger partial charge on any atom is -0.399 e. The number of allylic oxidation sites excluding steroid dienone is 5. The van der Waals surface area contributed by atoms with E-state index in [1.165, 1.54) is 12.1 Å². The quantitative estimate of drug-likeness (QED) is 0.633. The molecule has 0 saturated heterocycles. The molecule has 0 atom stereocenters. The molecule has 0 bridgehead atoms. The van der Waals surface area contributed by atoms with Gasteiger partial charge in [0, 0.05) is 17.3 Å². The van der Waals surface area contributed by atoms with E-state index in [9.17, 15) is 8.78 Å². The van der Waals surface area contributed by atoms with Gasteiger partial charge in [0.05, 0.1) is 5.02 Å². The number of benzene rings is 1. The molecule has 0 spiro atoms. The third-order valence-electron chi connectivity index (χ3n) is 2.78. The third-order valence-corrected chi connectivity index (χ3v) is 3.10. The molecule has 1 aliphatic rings. The second-order valence-corrected chi connectivity index (χ2v) is 4.95. The molecular weight excluding hydrogens is 312 g/mol. The standard InChI is InChI=1S/C16H14ClF2NO2/c1-3-4-5-11(7-6-10(2)20)12-8-14-15(9-13(12)17)22-16(18,19)21-14/h3,5-9H,1-2,4,20H2/b7-6-,11-5+. The molecule has 0 radical (unpaired) electrons. The molecule has 1 aromatic rings. The SMILES string of the molecule is C=CC/C=C(\C=C/C(=C)N)c1cc2c(cc1Cl)OC(F)(F)O2. The van der Waals surface area contributed by atoms with Gasteiger partial charge in [0.15, 0.2) is 11.5 Å². The van der Waals surface area contributed by atoms with Crippen LogP contribution in [0.5, 0.6) is 11.5 Å². The van der Waals surface area contributed by atoms with E-state index in [2.05, 4.69) is 22.6 Å². The minimum absolute atomic E-state index is 0.0751. The van der Waals surface area contributed by atoms with Crippen molar-refractivity contribution in [2.45, 2.75) is 12.7 Å². The van der Waals surface area contributed by atoms with Crippen LogP contribution < -0.4 is 15.2 Å². The Morgan fingerprint density at radius 3 is 2.50 bits per heavy atom. The second kappa shape index (κ2) is 6.23. The molecule has 1 aromatic carbocycles. The molecule has 116 valence electrons. The highest BCUT2D eigenvalue weighted by atomic mass is 35.5. The van der Waals surface area contributed by atoms with Crippen LogP contribution in [0.15, 0.2) is 55.3 Å². The summed E-state index contributed by atoms with van der Waals surface area (Å²) < 4.78 is 35.0. The Kier molecular flexibility index (Phi) is 4.56. The molecule has 2 N–H and O–H groups in total. The van der Waals surface area contributed by atoms with E-state index in [1.807, 2.05) is 6.08 Å². The van der Waals surface area contributed by atoms with Crippen molar-refractivity contribution in [3.05, 3.63) is 65.9 Å². The molecule has 3 nitrogen and oxygen atoms in total. The lowest BCUT2D eigenvalue weighted by Gasteiger charge is -2.07. The summed E-state index contributed by atoms with van der Waals surface area (Å²) >= 11 is 6.16. The van der Waals surface area contributed by atoms with Crippen molar-refractivity contribution in [2.24, 2.45) is 5.73 Å². The molecular formula is C16H14ClF2NO2. The average Bonchev–Trinajstić information content (AvgIpc) is 2.71. The lowest BCUT2D eigenvalue weighted by molar-refractivity contribution is -0.286. The Morgan fingerprint density at radius 1 is 1.27 bits per heavy atom. The van der Waals surface area contributed by atoms with Gasteiger partial charge in [0.25, 0.3) is 0 Å². The first-order valence-corrected chi connectivity index (χ1v) is 6.73. The molecule has 1 heterocycles. The highest BCUT2D eigenvalue weighted by Crippen LogP contribution is 2.45. The summed E-state index contributed by atoms with van der Waals surface area (Å²) in [5.74, 6) is -0.178. The summed E-state index contributed by atoms with van der Waals surface area (Å²) in [5, 5.41) is 0.252. The predicted molar refractivity (Wildman–Crippen MR) is 82.9 cm³/mol. The number of rotatable bonds is 5. The van der Waals surface area contributed by atoms with Gasteiger partial charge in [-0.05, 0) is 24.1 Å². The summed E-state index contributed by atoms with van der Waals surface area (Å²) in [6.45, 7) is 7.20. The molecule has 6 heteroatoms. The van der Waals surface area contributed by atoms with Crippen LogP contribution >= 0.6 is 11.6 Å². The van der Waals surface area contributed by atoms with Crippen molar-refractivity contribution < 1.29 is 18.3 Å². The van der Waals surface area contributed by atoms with Crippen molar-refractivity contribution in [1.29, 1.82) is 0 Å². The van der Waals surface area contributed by atoms with Crippen LogP contribution in [0, 0.1) is 0 Å². The van der Waals surface area contributed by atoms with Gasteiger partial charge in [0.2, 0.25) is 0 Å². The number of alkyl halides is 2. The van der Waals surface area contributed by atoms with E-state index in [0.29, 0.717) is 23.3 Å². The fourth-order valence-electron chi connectivity index (χ4n) is 1.87. The number of hydrogen-bond donors (Lipinski definition) is 1. The van der Waals surface area contributed by atoms with E-state index >= 15 is 0 Å². The van der Waals surface area contributed by atoms with E-state index in [0.717, 1.165) is 0 Å². The molecule has 1 aliphatic heterocycles. The van der Waals surface area contributed by atoms with E-state index in [-0.39, 0.29) is 16.5 Å². The van der Waals surface area contributed by atoms with Gasteiger partial charge in [-0.15, -0.1) is 15.4 Å². The van der Waals surface area contributed by atoms with Crippen LogP contribution in [0.1, 0.15) is 12.0 Å². The summed E-state index contributed by atoms with van der Waals surface area (Å²) in [6.07, 6.45) is 3.68. The first-order chi connectivity index (χ1) is 10.3. The highest BCUT2D eigenvalue weighted by Gasteiger charge is 2.43. The molecule has 22 heavy (non-hydrogen) atoms. The van der Waals surface area contributed by atoms with Crippen LogP contribution in [-0.2, 0) is 0 Å². The summed E-state index contributed by atoms with van der Waals surface area (Å²) in [7, 11) is 0. The largest absolute Gasteiger partial charge is 0.586 e. The van der Waals surface area contributed by atoms with Crippen LogP contribution in [-0.4, -0.2) is 6.29 Å². The zero-order valence-electron chi connectivity index (χ0n) is 11.6. The van der Waals surface area contributed by atoms with E-state index in [1.54, 1.807) is 18.2 Å². The summed E-state index contributed by atoms with van der Waals surface area (Å²) in [6, 6.07) is 2.69. The van der Waals surface area contributed by atoms with Crippen LogP contribution in [0.4, 0.5) is 8.78 Å². The Labute approximate surface area is 132 Å². The van der Waals surface area contributed by atoms with Gasteiger partial charge >= 0.3 is 6.29 Å². The Morgan fingerprint density at radius 2 is 1.91 bits per heavy atom. The van der Waals surface area contributed by atoms with Crippen molar-refractivity contribution >= 4 is 17.2 Å². The maximum Gasteiger partial charge on any atom is 0.586 e. The molecule has 2 rings (SSSR count). The average molecular weight is 326 g/mol. The first-order valence-electron chi connectivity index (χ1n) is 6.35. The lowest BCUT2D eigenvalue weighted by Crippen LogP contribution is -2.25. The number of hydrogen-bond acceptors (Lipinski definition) is 3. The highest BCUT2D eigenvalue weighted by molar-refractivity contribution is 6.32. The third kappa shape index (κ3) is 3.68. The monoisotopic (exact) mass is 325 g/mol. The van der Waals surface area contributed by atoms with Gasteiger partial charge in [-0.25, -0.2) is 0 Å². The van der Waals surface area contributed by atoms with Crippen molar-refractivity contribution in [2.75, 3.05) is 0 Å². The number of ether oxygens (including phenoxy) is 2. The lowest BCUT2D eigenvalue weighted by atomic mass is 10.0. The predicted octanol–water partition coefficient (Wildman–Crippen LogP) is 4.65. The fourth-order valence-corrected chi connectivity index (χ4v) is 2.13. The number of nitrogens with two attached hydrogens (primary N) is 1. The van der Waals surface area contributed by atoms with Crippen molar-refractivity contribution in [3.63, 3.8) is 0 Å². The molecule has 0 saturated carbocycles. The van der Waals surface area contributed by atoms with Gasteiger partial charge in [-0.1, -0.05) is 36.4 Å². The van der Waals surface area contributed by atoms with Crippen LogP contribution in [0.2, 0.25) is 5.02 Å². The zero-order valence-corrected chi connectivity index (χ0v) is 12.4. The first kappa shape index (κ1) is 16.1. The maximum atomic E-state index is 13.1. The molecule has 0 unspecified atom stereocenters. The number of fused-ring (bicyclic) bond motifs is 1.